The van der Waals surface area contributed by atoms with Gasteiger partial charge in [0.05, 0.1) is 25.6 Å². The van der Waals surface area contributed by atoms with Crippen molar-refractivity contribution in [2.45, 2.75) is 13.5 Å². The van der Waals surface area contributed by atoms with Gasteiger partial charge in [0, 0.05) is 33.8 Å². The van der Waals surface area contributed by atoms with E-state index in [1.54, 1.807) is 11.3 Å². The topological polar surface area (TPSA) is 79.7 Å². The molecule has 0 aliphatic carbocycles. The van der Waals surface area contributed by atoms with Gasteiger partial charge in [-0.2, -0.15) is 0 Å². The van der Waals surface area contributed by atoms with E-state index in [0.717, 1.165) is 20.2 Å². The van der Waals surface area contributed by atoms with Crippen molar-refractivity contribution in [3.05, 3.63) is 38.6 Å². The summed E-state index contributed by atoms with van der Waals surface area (Å²) < 4.78 is 5.29. The maximum absolute atomic E-state index is 12.7. The van der Waals surface area contributed by atoms with E-state index >= 15 is 0 Å². The van der Waals surface area contributed by atoms with Crippen molar-refractivity contribution in [1.29, 1.82) is 0 Å². The number of carbonyl (C=O) groups excluding carboxylic acids is 1. The predicted molar refractivity (Wildman–Crippen MR) is 111 cm³/mol. The molecule has 1 atom stereocenters. The number of rotatable bonds is 5. The number of quaternary nitrogens is 1. The monoisotopic (exact) mass is 419 g/mol. The lowest BCUT2D eigenvalue weighted by Crippen LogP contribution is -3.09. The zero-order valence-electron chi connectivity index (χ0n) is 15.9. The molecule has 1 saturated heterocycles. The number of carbonyl (C=O) groups is 1. The van der Waals surface area contributed by atoms with Gasteiger partial charge >= 0.3 is 0 Å². The zero-order valence-corrected chi connectivity index (χ0v) is 17.5. The minimum absolute atomic E-state index is 0.107. The number of hydrogen-bond acceptors (Lipinski definition) is 6. The average molecular weight is 420 g/mol. The number of aryl methyl sites for hydroxylation is 1. The van der Waals surface area contributed by atoms with Crippen molar-refractivity contribution in [3.8, 4) is 10.4 Å². The van der Waals surface area contributed by atoms with Crippen LogP contribution >= 0.6 is 22.7 Å². The van der Waals surface area contributed by atoms with Gasteiger partial charge < -0.3 is 19.5 Å². The SMILES string of the molecule is Cc1ccc(-c2csc3nc(C[NH+](C)CC(=O)N4CCOCC4)[nH]c(=O)c23)s1. The summed E-state index contributed by atoms with van der Waals surface area (Å²) in [5, 5.41) is 2.65. The third-order valence-electron chi connectivity index (χ3n) is 4.78. The average Bonchev–Trinajstić information content (AvgIpc) is 3.28. The number of thiophene rings is 2. The first-order chi connectivity index (χ1) is 13.5. The van der Waals surface area contributed by atoms with Crippen LogP contribution in [-0.2, 0) is 16.1 Å². The van der Waals surface area contributed by atoms with E-state index in [4.69, 9.17) is 4.74 Å². The largest absolute Gasteiger partial charge is 0.378 e. The van der Waals surface area contributed by atoms with Gasteiger partial charge in [0.15, 0.2) is 12.4 Å². The Labute approximate surface area is 170 Å². The minimum atomic E-state index is -0.116. The Morgan fingerprint density at radius 1 is 1.36 bits per heavy atom. The fourth-order valence-electron chi connectivity index (χ4n) is 3.37. The summed E-state index contributed by atoms with van der Waals surface area (Å²) >= 11 is 3.16. The van der Waals surface area contributed by atoms with Crippen LogP contribution in [0.2, 0.25) is 0 Å². The van der Waals surface area contributed by atoms with Crippen molar-refractivity contribution in [3.63, 3.8) is 0 Å². The van der Waals surface area contributed by atoms with E-state index < -0.39 is 0 Å². The lowest BCUT2D eigenvalue weighted by atomic mass is 10.2. The van der Waals surface area contributed by atoms with E-state index in [1.807, 2.05) is 23.4 Å². The molecule has 0 saturated carbocycles. The quantitative estimate of drug-likeness (QED) is 0.644. The number of amides is 1. The summed E-state index contributed by atoms with van der Waals surface area (Å²) in [6, 6.07) is 4.10. The van der Waals surface area contributed by atoms with E-state index in [1.165, 1.54) is 16.2 Å². The Morgan fingerprint density at radius 3 is 2.86 bits per heavy atom. The fourth-order valence-corrected chi connectivity index (χ4v) is 5.29. The highest BCUT2D eigenvalue weighted by Gasteiger charge is 2.21. The first-order valence-corrected chi connectivity index (χ1v) is 10.9. The number of nitrogens with one attached hydrogen (secondary N) is 2. The van der Waals surface area contributed by atoms with E-state index in [2.05, 4.69) is 23.0 Å². The Hall–Kier alpha value is -2.07. The Kier molecular flexibility index (Phi) is 5.58. The van der Waals surface area contributed by atoms with Crippen LogP contribution in [0.5, 0.6) is 0 Å². The van der Waals surface area contributed by atoms with Crippen molar-refractivity contribution < 1.29 is 14.4 Å². The van der Waals surface area contributed by atoms with E-state index in [-0.39, 0.29) is 11.5 Å². The van der Waals surface area contributed by atoms with Gasteiger partial charge in [0.25, 0.3) is 11.5 Å². The summed E-state index contributed by atoms with van der Waals surface area (Å²) in [4.78, 5) is 38.6. The van der Waals surface area contributed by atoms with Crippen LogP contribution in [0.15, 0.2) is 22.3 Å². The van der Waals surface area contributed by atoms with Crippen LogP contribution < -0.4 is 10.5 Å². The summed E-state index contributed by atoms with van der Waals surface area (Å²) in [5.74, 6) is 0.719. The molecule has 0 aromatic carbocycles. The third kappa shape index (κ3) is 4.02. The van der Waals surface area contributed by atoms with Gasteiger partial charge in [0.1, 0.15) is 11.4 Å². The molecule has 1 aliphatic rings. The molecule has 1 unspecified atom stereocenters. The number of likely N-dealkylation sites (N-methyl/N-ethyl adjacent to an activating group) is 1. The zero-order chi connectivity index (χ0) is 19.7. The number of hydrogen-bond donors (Lipinski definition) is 2. The number of nitrogens with zero attached hydrogens (tertiary/aromatic N) is 2. The van der Waals surface area contributed by atoms with Crippen molar-refractivity contribution in [2.75, 3.05) is 39.9 Å². The molecule has 0 spiro atoms. The van der Waals surface area contributed by atoms with Gasteiger partial charge in [0.2, 0.25) is 0 Å². The summed E-state index contributed by atoms with van der Waals surface area (Å²) in [6.07, 6.45) is 0. The van der Waals surface area contributed by atoms with Gasteiger partial charge in [-0.3, -0.25) is 9.59 Å². The molecule has 7 nitrogen and oxygen atoms in total. The van der Waals surface area contributed by atoms with Crippen LogP contribution in [0.1, 0.15) is 10.7 Å². The second-order valence-electron chi connectivity index (χ2n) is 7.06. The molecular formula is C19H23N4O3S2+. The molecular weight excluding hydrogens is 396 g/mol. The van der Waals surface area contributed by atoms with Gasteiger partial charge in [-0.05, 0) is 19.1 Å². The first-order valence-electron chi connectivity index (χ1n) is 9.25. The lowest BCUT2D eigenvalue weighted by Gasteiger charge is -2.27. The van der Waals surface area contributed by atoms with Crippen molar-refractivity contribution in [1.82, 2.24) is 14.9 Å². The number of aromatic amines is 1. The van der Waals surface area contributed by atoms with Crippen LogP contribution in [-0.4, -0.2) is 60.7 Å². The van der Waals surface area contributed by atoms with Crippen LogP contribution in [0, 0.1) is 6.92 Å². The maximum atomic E-state index is 12.7. The smallest absolute Gasteiger partial charge is 0.277 e. The molecule has 3 aromatic heterocycles. The van der Waals surface area contributed by atoms with E-state index in [0.29, 0.717) is 50.6 Å². The van der Waals surface area contributed by atoms with E-state index in [9.17, 15) is 9.59 Å². The number of morpholine rings is 1. The molecule has 9 heteroatoms. The highest BCUT2D eigenvalue weighted by molar-refractivity contribution is 7.19. The number of H-pyrrole nitrogens is 1. The summed E-state index contributed by atoms with van der Waals surface area (Å²) in [7, 11) is 1.94. The standard InChI is InChI=1S/C19H22N4O3S2/c1-12-3-4-14(28-12)13-11-27-19-17(13)18(25)20-15(21-19)9-22(2)10-16(24)23-5-7-26-8-6-23/h3-4,11H,5-10H2,1-2H3,(H,20,21,25)/p+1. The minimum Gasteiger partial charge on any atom is -0.378 e. The summed E-state index contributed by atoms with van der Waals surface area (Å²) in [5.41, 5.74) is 0.830. The normalized spacial score (nSPS) is 15.9. The van der Waals surface area contributed by atoms with Gasteiger partial charge in [-0.1, -0.05) is 0 Å². The molecule has 4 heterocycles. The van der Waals surface area contributed by atoms with Crippen molar-refractivity contribution >= 4 is 38.8 Å². The number of ether oxygens (including phenoxy) is 1. The molecule has 148 valence electrons. The molecule has 0 radical (unpaired) electrons. The Bertz CT molecular complexity index is 1050. The molecule has 1 aliphatic heterocycles. The molecule has 1 amide bonds. The Morgan fingerprint density at radius 2 is 2.14 bits per heavy atom. The second-order valence-corrected chi connectivity index (χ2v) is 9.20. The fraction of sp³-hybridized carbons (Fsp3) is 0.421. The van der Waals surface area contributed by atoms with Gasteiger partial charge in [-0.25, -0.2) is 4.98 Å². The van der Waals surface area contributed by atoms with Crippen LogP contribution in [0.3, 0.4) is 0 Å². The molecule has 4 rings (SSSR count). The second kappa shape index (κ2) is 8.12. The molecule has 1 fully saturated rings. The highest BCUT2D eigenvalue weighted by atomic mass is 32.1. The van der Waals surface area contributed by atoms with Gasteiger partial charge in [-0.15, -0.1) is 22.7 Å². The maximum Gasteiger partial charge on any atom is 0.277 e. The van der Waals surface area contributed by atoms with Crippen LogP contribution in [0.4, 0.5) is 0 Å². The molecule has 0 bridgehead atoms. The molecule has 28 heavy (non-hydrogen) atoms. The van der Waals surface area contributed by atoms with Crippen LogP contribution in [0.25, 0.3) is 20.7 Å². The van der Waals surface area contributed by atoms with Crippen molar-refractivity contribution in [2.24, 2.45) is 0 Å². The summed E-state index contributed by atoms with van der Waals surface area (Å²) in [6.45, 7) is 5.40. The third-order valence-corrected chi connectivity index (χ3v) is 6.69. The molecule has 2 N–H and O–H groups in total. The number of aromatic nitrogens is 2. The Balaban J connectivity index is 1.50. The molecule has 3 aromatic rings. The first kappa shape index (κ1) is 19.3. The predicted octanol–water partition coefficient (Wildman–Crippen LogP) is 0.895. The highest BCUT2D eigenvalue weighted by Crippen LogP contribution is 2.34. The lowest BCUT2D eigenvalue weighted by molar-refractivity contribution is -0.886. The number of fused-ring (bicyclic) bond motifs is 1.